The van der Waals surface area contributed by atoms with Gasteiger partial charge in [-0.15, -0.1) is 0 Å². The molecule has 1 aromatic heterocycles. The van der Waals surface area contributed by atoms with Crippen LogP contribution in [0.3, 0.4) is 0 Å². The van der Waals surface area contributed by atoms with Gasteiger partial charge in [0.15, 0.2) is 0 Å². The lowest BCUT2D eigenvalue weighted by Crippen LogP contribution is -2.32. The highest BCUT2D eigenvalue weighted by Gasteiger charge is 2.30. The number of fused-ring (bicyclic) bond motifs is 1. The van der Waals surface area contributed by atoms with Crippen LogP contribution in [0.15, 0.2) is 66.2 Å². The molecule has 5 rings (SSSR count). The first-order chi connectivity index (χ1) is 21.3. The number of halogens is 3. The smallest absolute Gasteiger partial charge is 0.416 e. The van der Waals surface area contributed by atoms with Crippen molar-refractivity contribution in [1.82, 2.24) is 9.88 Å². The van der Waals surface area contributed by atoms with E-state index in [1.165, 1.54) is 23.3 Å². The molecule has 1 aliphatic carbocycles. The molecule has 2 amide bonds. The van der Waals surface area contributed by atoms with Crippen molar-refractivity contribution in [3.05, 3.63) is 94.2 Å². The molecule has 2 aliphatic rings. The minimum absolute atomic E-state index is 0.196. The number of carbonyl (C=O) groups is 2. The minimum Gasteiger partial charge on any atom is -0.444 e. The number of anilines is 2. The number of benzene rings is 2. The highest BCUT2D eigenvalue weighted by molar-refractivity contribution is 6.09. The van der Waals surface area contributed by atoms with Crippen LogP contribution in [0, 0.1) is 0 Å². The quantitative estimate of drug-likeness (QED) is 0.280. The van der Waals surface area contributed by atoms with E-state index in [2.05, 4.69) is 20.5 Å². The first kappa shape index (κ1) is 32.2. The zero-order chi connectivity index (χ0) is 32.2. The van der Waals surface area contributed by atoms with Crippen molar-refractivity contribution >= 4 is 29.1 Å². The fourth-order valence-electron chi connectivity index (χ4n) is 5.79. The predicted molar refractivity (Wildman–Crippen MR) is 169 cm³/mol. The van der Waals surface area contributed by atoms with Crippen molar-refractivity contribution in [2.45, 2.75) is 77.6 Å². The van der Waals surface area contributed by atoms with Gasteiger partial charge in [0.2, 0.25) is 0 Å². The molecular formula is C35H39F3N4O3. The number of ether oxygens (including phenoxy) is 1. The highest BCUT2D eigenvalue weighted by Crippen LogP contribution is 2.35. The van der Waals surface area contributed by atoms with Gasteiger partial charge in [0.1, 0.15) is 11.4 Å². The summed E-state index contributed by atoms with van der Waals surface area (Å²) in [5.74, 6) is 0.258. The van der Waals surface area contributed by atoms with Crippen LogP contribution < -0.4 is 10.6 Å². The van der Waals surface area contributed by atoms with Crippen molar-refractivity contribution in [2.24, 2.45) is 0 Å². The number of rotatable bonds is 7. The van der Waals surface area contributed by atoms with Gasteiger partial charge in [0, 0.05) is 43.0 Å². The number of allylic oxidation sites excluding steroid dienone is 1. The Balaban J connectivity index is 1.18. The first-order valence-corrected chi connectivity index (χ1v) is 15.4. The molecule has 2 aromatic carbocycles. The Hall–Kier alpha value is -4.18. The first-order valence-electron chi connectivity index (χ1n) is 15.4. The van der Waals surface area contributed by atoms with Crippen LogP contribution in [0.4, 0.5) is 29.5 Å². The lowest BCUT2D eigenvalue weighted by Gasteiger charge is -2.29. The highest BCUT2D eigenvalue weighted by atomic mass is 19.4. The standard InChI is InChI=1S/C35H39F3N4O3/c1-34(2,3)45-33(44)41-31-10-6-7-27(39-31)18-20-42-19-17-24-21-28(16-13-25(24)22-42)40-32(43)30-9-5-4-8-29(30)23-11-14-26(15-12-23)35(36,37)38/h6-7,10-16,21H,4-5,8-9,17-20,22H2,1-3H3,(H,40,43)(H,39,41,44). The Morgan fingerprint density at radius 2 is 1.67 bits per heavy atom. The number of hydrogen-bond donors (Lipinski definition) is 2. The Labute approximate surface area is 261 Å². The number of alkyl halides is 3. The number of nitrogens with one attached hydrogen (secondary N) is 2. The number of hydrogen-bond acceptors (Lipinski definition) is 5. The summed E-state index contributed by atoms with van der Waals surface area (Å²) in [4.78, 5) is 32.4. The fourth-order valence-corrected chi connectivity index (χ4v) is 5.79. The molecule has 0 fully saturated rings. The summed E-state index contributed by atoms with van der Waals surface area (Å²) >= 11 is 0. The van der Waals surface area contributed by atoms with Crippen LogP contribution in [0.2, 0.25) is 0 Å². The van der Waals surface area contributed by atoms with Crippen LogP contribution in [0.25, 0.3) is 5.57 Å². The van der Waals surface area contributed by atoms with Gasteiger partial charge in [0.25, 0.3) is 5.91 Å². The molecule has 238 valence electrons. The zero-order valence-corrected chi connectivity index (χ0v) is 25.9. The van der Waals surface area contributed by atoms with Gasteiger partial charge >= 0.3 is 12.3 Å². The van der Waals surface area contributed by atoms with Crippen molar-refractivity contribution in [3.8, 4) is 0 Å². The van der Waals surface area contributed by atoms with Crippen LogP contribution in [-0.4, -0.2) is 40.6 Å². The van der Waals surface area contributed by atoms with E-state index in [4.69, 9.17) is 4.74 Å². The maximum absolute atomic E-state index is 13.4. The van der Waals surface area contributed by atoms with Crippen molar-refractivity contribution < 1.29 is 27.5 Å². The predicted octanol–water partition coefficient (Wildman–Crippen LogP) is 8.01. The van der Waals surface area contributed by atoms with E-state index in [0.717, 1.165) is 74.4 Å². The third-order valence-electron chi connectivity index (χ3n) is 7.98. The average Bonchev–Trinajstić information content (AvgIpc) is 2.99. The van der Waals surface area contributed by atoms with Gasteiger partial charge in [-0.2, -0.15) is 13.2 Å². The molecule has 10 heteroatoms. The number of amides is 2. The summed E-state index contributed by atoms with van der Waals surface area (Å²) in [5, 5.41) is 5.74. The Kier molecular flexibility index (Phi) is 9.62. The lowest BCUT2D eigenvalue weighted by molar-refractivity contribution is -0.137. The van der Waals surface area contributed by atoms with E-state index in [9.17, 15) is 22.8 Å². The maximum atomic E-state index is 13.4. The molecule has 0 atom stereocenters. The van der Waals surface area contributed by atoms with E-state index in [1.54, 1.807) is 6.07 Å². The van der Waals surface area contributed by atoms with E-state index in [-0.39, 0.29) is 5.91 Å². The van der Waals surface area contributed by atoms with Gasteiger partial charge in [0.05, 0.1) is 5.56 Å². The summed E-state index contributed by atoms with van der Waals surface area (Å²) < 4.78 is 44.5. The molecule has 0 saturated carbocycles. The molecule has 0 saturated heterocycles. The van der Waals surface area contributed by atoms with Crippen LogP contribution >= 0.6 is 0 Å². The summed E-state index contributed by atoms with van der Waals surface area (Å²) in [6, 6.07) is 16.6. The number of aromatic nitrogens is 1. The second-order valence-electron chi connectivity index (χ2n) is 12.6. The SMILES string of the molecule is CC(C)(C)OC(=O)Nc1cccc(CCN2CCc3cc(NC(=O)C4=C(c5ccc(C(F)(F)F)cc5)CCCC4)ccc3C2)n1. The van der Waals surface area contributed by atoms with Gasteiger partial charge in [-0.3, -0.25) is 15.0 Å². The van der Waals surface area contributed by atoms with Crippen LogP contribution in [-0.2, 0) is 35.1 Å². The molecule has 0 unspecified atom stereocenters. The van der Waals surface area contributed by atoms with Crippen molar-refractivity contribution in [2.75, 3.05) is 23.7 Å². The van der Waals surface area contributed by atoms with E-state index < -0.39 is 23.4 Å². The van der Waals surface area contributed by atoms with Gasteiger partial charge in [-0.05, 0) is 112 Å². The molecular weight excluding hydrogens is 581 g/mol. The maximum Gasteiger partial charge on any atom is 0.416 e. The monoisotopic (exact) mass is 620 g/mol. The molecule has 0 spiro atoms. The summed E-state index contributed by atoms with van der Waals surface area (Å²) in [6.07, 6.45) is -0.347. The molecule has 2 heterocycles. The Morgan fingerprint density at radius 3 is 2.40 bits per heavy atom. The third kappa shape index (κ3) is 8.72. The van der Waals surface area contributed by atoms with Crippen molar-refractivity contribution in [3.63, 3.8) is 0 Å². The molecule has 0 bridgehead atoms. The molecule has 3 aromatic rings. The Bertz CT molecular complexity index is 1580. The van der Waals surface area contributed by atoms with E-state index in [1.807, 2.05) is 51.1 Å². The minimum atomic E-state index is -4.39. The largest absolute Gasteiger partial charge is 0.444 e. The van der Waals surface area contributed by atoms with Gasteiger partial charge < -0.3 is 10.1 Å². The molecule has 1 aliphatic heterocycles. The summed E-state index contributed by atoms with van der Waals surface area (Å²) in [7, 11) is 0. The van der Waals surface area contributed by atoms with E-state index in [0.29, 0.717) is 29.8 Å². The topological polar surface area (TPSA) is 83.6 Å². The second kappa shape index (κ2) is 13.4. The third-order valence-corrected chi connectivity index (χ3v) is 7.98. The normalized spacial score (nSPS) is 15.8. The fraction of sp³-hybridized carbons (Fsp3) is 0.400. The Morgan fingerprint density at radius 1 is 0.911 bits per heavy atom. The number of pyridine rings is 1. The van der Waals surface area contributed by atoms with Crippen LogP contribution in [0.5, 0.6) is 0 Å². The van der Waals surface area contributed by atoms with Crippen molar-refractivity contribution in [1.29, 1.82) is 0 Å². The second-order valence-corrected chi connectivity index (χ2v) is 12.6. The van der Waals surface area contributed by atoms with E-state index >= 15 is 0 Å². The average molecular weight is 621 g/mol. The summed E-state index contributed by atoms with van der Waals surface area (Å²) in [5.41, 5.74) is 4.83. The molecule has 7 nitrogen and oxygen atoms in total. The van der Waals surface area contributed by atoms with Gasteiger partial charge in [-0.25, -0.2) is 9.78 Å². The van der Waals surface area contributed by atoms with Gasteiger partial charge in [-0.1, -0.05) is 24.3 Å². The molecule has 0 radical (unpaired) electrons. The molecule has 45 heavy (non-hydrogen) atoms. The lowest BCUT2D eigenvalue weighted by atomic mass is 9.86. The van der Waals surface area contributed by atoms with Crippen LogP contribution in [0.1, 0.15) is 74.4 Å². The summed E-state index contributed by atoms with van der Waals surface area (Å²) in [6.45, 7) is 7.88. The zero-order valence-electron chi connectivity index (χ0n) is 25.9. The molecule has 2 N–H and O–H groups in total. The number of nitrogens with zero attached hydrogens (tertiary/aromatic N) is 2. The number of carbonyl (C=O) groups excluding carboxylic acids is 2.